The standard InChI is InChI=1S/C12H12Cl2O4/c13-5-7-2-1-3-9(11(16)12(17)18)10(7)4-8(15)6-14/h1-3,11,16H,4-6H2,(H,17,18). The average Bonchev–Trinajstić information content (AvgIpc) is 2.37. The zero-order valence-electron chi connectivity index (χ0n) is 9.40. The fraction of sp³-hybridized carbons (Fsp3) is 0.333. The minimum Gasteiger partial charge on any atom is -0.479 e. The number of hydrogen-bond acceptors (Lipinski definition) is 3. The van der Waals surface area contributed by atoms with Crippen LogP contribution < -0.4 is 0 Å². The number of aliphatic carboxylic acids is 1. The first-order valence-electron chi connectivity index (χ1n) is 5.16. The molecule has 1 unspecified atom stereocenters. The van der Waals surface area contributed by atoms with Crippen LogP contribution in [0.25, 0.3) is 0 Å². The molecule has 1 atom stereocenters. The highest BCUT2D eigenvalue weighted by atomic mass is 35.5. The van der Waals surface area contributed by atoms with Crippen molar-refractivity contribution in [3.8, 4) is 0 Å². The van der Waals surface area contributed by atoms with Crippen molar-refractivity contribution >= 4 is 35.0 Å². The Kier molecular flexibility index (Phi) is 5.59. The molecule has 1 aromatic rings. The highest BCUT2D eigenvalue weighted by Crippen LogP contribution is 2.24. The number of carbonyl (C=O) groups is 2. The number of hydrogen-bond donors (Lipinski definition) is 2. The van der Waals surface area contributed by atoms with E-state index in [1.54, 1.807) is 12.1 Å². The van der Waals surface area contributed by atoms with Gasteiger partial charge in [-0.15, -0.1) is 23.2 Å². The lowest BCUT2D eigenvalue weighted by atomic mass is 9.94. The first-order chi connectivity index (χ1) is 8.51. The molecule has 98 valence electrons. The normalized spacial score (nSPS) is 12.2. The molecule has 0 aliphatic rings. The van der Waals surface area contributed by atoms with Crippen LogP contribution in [0, 0.1) is 0 Å². The Bertz CT molecular complexity index is 459. The van der Waals surface area contributed by atoms with Gasteiger partial charge < -0.3 is 10.2 Å². The van der Waals surface area contributed by atoms with E-state index in [9.17, 15) is 14.7 Å². The van der Waals surface area contributed by atoms with Crippen LogP contribution in [0.15, 0.2) is 18.2 Å². The van der Waals surface area contributed by atoms with Crippen molar-refractivity contribution in [2.24, 2.45) is 0 Å². The van der Waals surface area contributed by atoms with E-state index in [4.69, 9.17) is 28.3 Å². The molecule has 2 N–H and O–H groups in total. The first kappa shape index (κ1) is 15.0. The Balaban J connectivity index is 3.24. The van der Waals surface area contributed by atoms with E-state index in [-0.39, 0.29) is 29.5 Å². The van der Waals surface area contributed by atoms with Crippen molar-refractivity contribution in [3.05, 3.63) is 34.9 Å². The molecule has 1 rings (SSSR count). The second-order valence-corrected chi connectivity index (χ2v) is 4.24. The van der Waals surface area contributed by atoms with Crippen molar-refractivity contribution < 1.29 is 19.8 Å². The summed E-state index contributed by atoms with van der Waals surface area (Å²) in [6.07, 6.45) is -1.71. The Labute approximate surface area is 114 Å². The van der Waals surface area contributed by atoms with Crippen LogP contribution in [0.1, 0.15) is 22.8 Å². The summed E-state index contributed by atoms with van der Waals surface area (Å²) in [7, 11) is 0. The van der Waals surface area contributed by atoms with Gasteiger partial charge in [-0.3, -0.25) is 4.79 Å². The number of carboxylic acids is 1. The van der Waals surface area contributed by atoms with Gasteiger partial charge in [-0.05, 0) is 16.7 Å². The zero-order chi connectivity index (χ0) is 13.7. The topological polar surface area (TPSA) is 74.6 Å². The van der Waals surface area contributed by atoms with Gasteiger partial charge in [0.2, 0.25) is 0 Å². The van der Waals surface area contributed by atoms with E-state index in [0.29, 0.717) is 11.1 Å². The van der Waals surface area contributed by atoms with Gasteiger partial charge in [0, 0.05) is 12.3 Å². The Morgan fingerprint density at radius 3 is 2.44 bits per heavy atom. The van der Waals surface area contributed by atoms with E-state index >= 15 is 0 Å². The summed E-state index contributed by atoms with van der Waals surface area (Å²) in [5.74, 6) is -1.67. The number of benzene rings is 1. The summed E-state index contributed by atoms with van der Waals surface area (Å²) in [6, 6.07) is 4.74. The van der Waals surface area contributed by atoms with E-state index in [1.165, 1.54) is 6.07 Å². The van der Waals surface area contributed by atoms with E-state index in [1.807, 2.05) is 0 Å². The number of rotatable bonds is 6. The SMILES string of the molecule is O=C(CCl)Cc1c(CCl)cccc1C(O)C(=O)O. The quantitative estimate of drug-likeness (QED) is 0.785. The van der Waals surface area contributed by atoms with E-state index < -0.39 is 12.1 Å². The number of Topliss-reactive ketones (excluding diaryl/α,β-unsaturated/α-hetero) is 1. The first-order valence-corrected chi connectivity index (χ1v) is 6.23. The lowest BCUT2D eigenvalue weighted by molar-refractivity contribution is -0.147. The van der Waals surface area contributed by atoms with Gasteiger partial charge in [0.15, 0.2) is 11.9 Å². The van der Waals surface area contributed by atoms with Crippen LogP contribution >= 0.6 is 23.2 Å². The number of carboxylic acid groups (broad SMARTS) is 1. The molecule has 0 amide bonds. The van der Waals surface area contributed by atoms with Crippen LogP contribution in [-0.2, 0) is 21.9 Å². The van der Waals surface area contributed by atoms with Gasteiger partial charge in [-0.2, -0.15) is 0 Å². The molecular formula is C12H12Cl2O4. The molecule has 0 radical (unpaired) electrons. The predicted octanol–water partition coefficient (Wildman–Crippen LogP) is 1.89. The number of ketones is 1. The molecule has 0 heterocycles. The maximum absolute atomic E-state index is 11.4. The van der Waals surface area contributed by atoms with Crippen LogP contribution in [-0.4, -0.2) is 27.8 Å². The predicted molar refractivity (Wildman–Crippen MR) is 68.0 cm³/mol. The second kappa shape index (κ2) is 6.73. The van der Waals surface area contributed by atoms with Crippen molar-refractivity contribution in [2.45, 2.75) is 18.4 Å². The number of alkyl halides is 2. The van der Waals surface area contributed by atoms with Crippen LogP contribution in [0.2, 0.25) is 0 Å². The minimum atomic E-state index is -1.67. The number of carbonyl (C=O) groups excluding carboxylic acids is 1. The van der Waals surface area contributed by atoms with Gasteiger partial charge in [-0.25, -0.2) is 4.79 Å². The van der Waals surface area contributed by atoms with E-state index in [2.05, 4.69) is 0 Å². The third kappa shape index (κ3) is 3.45. The minimum absolute atomic E-state index is 0.0356. The van der Waals surface area contributed by atoms with Gasteiger partial charge in [0.1, 0.15) is 0 Å². The monoisotopic (exact) mass is 290 g/mol. The third-order valence-corrected chi connectivity index (χ3v) is 3.09. The Hall–Kier alpha value is -1.10. The van der Waals surface area contributed by atoms with Gasteiger partial charge >= 0.3 is 5.97 Å². The van der Waals surface area contributed by atoms with Crippen LogP contribution in [0.4, 0.5) is 0 Å². The molecule has 1 aromatic carbocycles. The molecule has 0 aliphatic heterocycles. The molecule has 0 saturated carbocycles. The third-order valence-electron chi connectivity index (χ3n) is 2.50. The average molecular weight is 291 g/mol. The molecule has 18 heavy (non-hydrogen) atoms. The van der Waals surface area contributed by atoms with Gasteiger partial charge in [0.25, 0.3) is 0 Å². The fourth-order valence-corrected chi connectivity index (χ4v) is 1.97. The molecule has 0 spiro atoms. The van der Waals surface area contributed by atoms with Crippen molar-refractivity contribution in [1.82, 2.24) is 0 Å². The molecule has 0 saturated heterocycles. The smallest absolute Gasteiger partial charge is 0.337 e. The maximum Gasteiger partial charge on any atom is 0.337 e. The Morgan fingerprint density at radius 1 is 1.28 bits per heavy atom. The molecule has 0 fully saturated rings. The summed E-state index contributed by atoms with van der Waals surface area (Å²) < 4.78 is 0. The summed E-state index contributed by atoms with van der Waals surface area (Å²) in [4.78, 5) is 22.2. The molecule has 4 nitrogen and oxygen atoms in total. The molecule has 0 aliphatic carbocycles. The van der Waals surface area contributed by atoms with Gasteiger partial charge in [-0.1, -0.05) is 18.2 Å². The lowest BCUT2D eigenvalue weighted by Crippen LogP contribution is -2.16. The lowest BCUT2D eigenvalue weighted by Gasteiger charge is -2.15. The van der Waals surface area contributed by atoms with Crippen LogP contribution in [0.5, 0.6) is 0 Å². The number of aliphatic hydroxyl groups is 1. The fourth-order valence-electron chi connectivity index (χ4n) is 1.63. The zero-order valence-corrected chi connectivity index (χ0v) is 10.9. The van der Waals surface area contributed by atoms with Gasteiger partial charge in [0.05, 0.1) is 5.88 Å². The second-order valence-electron chi connectivity index (χ2n) is 3.71. The maximum atomic E-state index is 11.4. The van der Waals surface area contributed by atoms with Crippen molar-refractivity contribution in [2.75, 3.05) is 5.88 Å². The molecule has 6 heteroatoms. The highest BCUT2D eigenvalue weighted by Gasteiger charge is 2.22. The van der Waals surface area contributed by atoms with E-state index in [0.717, 1.165) is 0 Å². The van der Waals surface area contributed by atoms with Crippen LogP contribution in [0.3, 0.4) is 0 Å². The summed E-state index contributed by atoms with van der Waals surface area (Å²) in [6.45, 7) is 0. The summed E-state index contributed by atoms with van der Waals surface area (Å²) in [5, 5.41) is 18.4. The Morgan fingerprint density at radius 2 is 1.94 bits per heavy atom. The van der Waals surface area contributed by atoms with Crippen molar-refractivity contribution in [3.63, 3.8) is 0 Å². The summed E-state index contributed by atoms with van der Waals surface area (Å²) >= 11 is 11.2. The largest absolute Gasteiger partial charge is 0.479 e. The molecular weight excluding hydrogens is 279 g/mol. The highest BCUT2D eigenvalue weighted by molar-refractivity contribution is 6.27. The molecule has 0 bridgehead atoms. The van der Waals surface area contributed by atoms with Crippen molar-refractivity contribution in [1.29, 1.82) is 0 Å². The number of aliphatic hydroxyl groups excluding tert-OH is 1. The molecule has 0 aromatic heterocycles. The summed E-state index contributed by atoms with van der Waals surface area (Å²) in [5.41, 5.74) is 1.24. The number of halogens is 2.